The second kappa shape index (κ2) is 13.3. The fourth-order valence-electron chi connectivity index (χ4n) is 6.80. The predicted molar refractivity (Wildman–Crippen MR) is 185 cm³/mol. The number of thiazole rings is 1. The van der Waals surface area contributed by atoms with Crippen LogP contribution in [0.25, 0.3) is 0 Å². The molecule has 4 aliphatic rings. The number of hydrogen-bond donors (Lipinski definition) is 6. The van der Waals surface area contributed by atoms with Crippen molar-refractivity contribution in [3.8, 4) is 11.5 Å². The number of allylic oxidation sites excluding steroid dienone is 1. The minimum atomic E-state index is -1.80. The van der Waals surface area contributed by atoms with Gasteiger partial charge in [-0.1, -0.05) is 11.2 Å². The average Bonchev–Trinajstić information content (AvgIpc) is 3.71. The van der Waals surface area contributed by atoms with Crippen LogP contribution in [-0.4, -0.2) is 118 Å². The monoisotopic (exact) mass is 741 g/mol. The highest BCUT2D eigenvalue weighted by atomic mass is 32.2. The molecule has 1 aromatic heterocycles. The number of hydrogen-bond acceptors (Lipinski definition) is 13. The molecule has 0 radical (unpaired) electrons. The number of oxime groups is 1. The number of rotatable bonds is 11. The van der Waals surface area contributed by atoms with Crippen molar-refractivity contribution in [1.29, 1.82) is 0 Å². The molecule has 0 unspecified atom stereocenters. The number of fused-ring (bicyclic) bond motifs is 2. The molecule has 2 aromatic rings. The quantitative estimate of drug-likeness (QED) is 0.0634. The lowest BCUT2D eigenvalue weighted by molar-refractivity contribution is -0.907. The zero-order valence-corrected chi connectivity index (χ0v) is 29.5. The maximum Gasteiger partial charge on any atom is 0.352 e. The van der Waals surface area contributed by atoms with Gasteiger partial charge in [0.05, 0.1) is 18.7 Å². The van der Waals surface area contributed by atoms with Gasteiger partial charge in [-0.05, 0) is 44.9 Å². The van der Waals surface area contributed by atoms with Crippen LogP contribution in [-0.2, 0) is 30.4 Å². The van der Waals surface area contributed by atoms with Crippen LogP contribution in [0.5, 0.6) is 11.5 Å². The second-order valence-corrected chi connectivity index (χ2v) is 15.8. The van der Waals surface area contributed by atoms with Gasteiger partial charge < -0.3 is 40.8 Å². The van der Waals surface area contributed by atoms with Crippen molar-refractivity contribution in [2.45, 2.75) is 62.3 Å². The number of carbonyl (C=O) groups excluding carboxylic acids is 3. The number of carboxylic acids is 2. The van der Waals surface area contributed by atoms with Crippen molar-refractivity contribution in [3.63, 3.8) is 0 Å². The first-order chi connectivity index (χ1) is 24.0. The van der Waals surface area contributed by atoms with E-state index in [2.05, 4.69) is 15.5 Å². The molecule has 3 atom stereocenters. The number of aromatic hydroxyl groups is 2. The van der Waals surface area contributed by atoms with E-state index in [0.717, 1.165) is 24.2 Å². The molecular weight excluding hydrogens is 705 g/mol. The number of phenols is 2. The molecule has 6 rings (SSSR count). The number of thioether (sulfide) groups is 1. The Morgan fingerprint density at radius 1 is 1.14 bits per heavy atom. The third kappa shape index (κ3) is 6.65. The summed E-state index contributed by atoms with van der Waals surface area (Å²) in [7, 11) is 0. The van der Waals surface area contributed by atoms with Crippen molar-refractivity contribution in [2.24, 2.45) is 5.16 Å². The molecule has 16 nitrogen and oxygen atoms in total. The van der Waals surface area contributed by atoms with Gasteiger partial charge in [0.2, 0.25) is 5.60 Å². The number of quaternary nitrogens is 1. The molecule has 2 amide bonds. The van der Waals surface area contributed by atoms with Gasteiger partial charge >= 0.3 is 11.9 Å². The summed E-state index contributed by atoms with van der Waals surface area (Å²) in [6.45, 7) is 6.30. The van der Waals surface area contributed by atoms with Crippen molar-refractivity contribution < 1.29 is 53.7 Å². The number of nitrogen functional groups attached to an aromatic ring is 1. The maximum absolute atomic E-state index is 13.6. The lowest BCUT2D eigenvalue weighted by atomic mass is 9.89. The summed E-state index contributed by atoms with van der Waals surface area (Å²) < 4.78 is 0.407. The topological polar surface area (TPSA) is 242 Å². The molecule has 0 saturated carbocycles. The van der Waals surface area contributed by atoms with E-state index in [-0.39, 0.29) is 45.6 Å². The Bertz CT molecular complexity index is 1950. The average molecular weight is 742 g/mol. The Kier molecular flexibility index (Phi) is 9.36. The van der Waals surface area contributed by atoms with Crippen molar-refractivity contribution in [2.75, 3.05) is 31.9 Å². The number of anilines is 1. The Morgan fingerprint density at radius 2 is 1.82 bits per heavy atom. The SMILES string of the molecule is C[C@@H]1S[C@@H]2[C@H](NC(=O)/C(=N\OC(C)(C)C(=O)O)c3csc(N)n3)C(=O)N2C(C(=O)O)=C1C[N+]1(CC2=CCc3cc(O)c(O)cc3C2=O)CCCC1. The minimum Gasteiger partial charge on any atom is -0.504 e. The van der Waals surface area contributed by atoms with E-state index in [9.17, 15) is 44.4 Å². The number of carbonyl (C=O) groups is 5. The highest BCUT2D eigenvalue weighted by molar-refractivity contribution is 8.00. The van der Waals surface area contributed by atoms with Crippen LogP contribution >= 0.6 is 23.1 Å². The fraction of sp³-hybridized carbons (Fsp3) is 0.424. The number of phenolic OH excluding ortho intramolecular Hbond substituents is 2. The molecule has 1 aromatic carbocycles. The molecule has 270 valence electrons. The largest absolute Gasteiger partial charge is 0.504 e. The van der Waals surface area contributed by atoms with Gasteiger partial charge in [0.25, 0.3) is 11.8 Å². The van der Waals surface area contributed by atoms with Gasteiger partial charge in [-0.2, -0.15) is 0 Å². The Morgan fingerprint density at radius 3 is 2.45 bits per heavy atom. The maximum atomic E-state index is 13.6. The number of amides is 2. The highest BCUT2D eigenvalue weighted by Gasteiger charge is 2.57. The number of benzene rings is 1. The van der Waals surface area contributed by atoms with E-state index in [4.69, 9.17) is 10.6 Å². The van der Waals surface area contributed by atoms with Crippen LogP contribution in [0.4, 0.5) is 5.13 Å². The number of β-lactam (4-membered cyclic amide) rings is 1. The fourth-order valence-corrected chi connectivity index (χ4v) is 8.79. The van der Waals surface area contributed by atoms with Crippen LogP contribution in [0.2, 0.25) is 0 Å². The second-order valence-electron chi connectivity index (χ2n) is 13.5. The molecule has 0 bridgehead atoms. The number of Topliss-reactive ketones (excluding diaryl/α,β-unsaturated/α-hetero) is 1. The summed E-state index contributed by atoms with van der Waals surface area (Å²) in [6, 6.07) is 1.52. The Hall–Kier alpha value is -4.94. The predicted octanol–water partition coefficient (Wildman–Crippen LogP) is 1.82. The highest BCUT2D eigenvalue weighted by Crippen LogP contribution is 2.45. The van der Waals surface area contributed by atoms with Crippen LogP contribution in [0, 0.1) is 0 Å². The zero-order chi connectivity index (χ0) is 37.0. The van der Waals surface area contributed by atoms with E-state index in [1.165, 1.54) is 48.0 Å². The molecule has 18 heteroatoms. The summed E-state index contributed by atoms with van der Waals surface area (Å²) in [5.74, 6) is -5.11. The molecule has 2 saturated heterocycles. The van der Waals surface area contributed by atoms with Gasteiger partial charge in [-0.15, -0.1) is 23.1 Å². The number of nitrogens with two attached hydrogens (primary N) is 1. The lowest BCUT2D eigenvalue weighted by Gasteiger charge is -2.51. The van der Waals surface area contributed by atoms with Gasteiger partial charge in [0.1, 0.15) is 35.9 Å². The first-order valence-corrected chi connectivity index (χ1v) is 17.9. The summed E-state index contributed by atoms with van der Waals surface area (Å²) in [4.78, 5) is 75.5. The van der Waals surface area contributed by atoms with Crippen molar-refractivity contribution in [3.05, 3.63) is 57.3 Å². The molecule has 0 spiro atoms. The molecule has 7 N–H and O–H groups in total. The van der Waals surface area contributed by atoms with Gasteiger partial charge in [-0.25, -0.2) is 14.6 Å². The standard InChI is InChI=1S/C33H36N6O10S2/c1-15-19(13-39(8-4-5-9-39)12-17-7-6-16-10-21(40)22(41)11-18(16)26(17)42)25(30(45)46)38-28(44)24(29(38)51-15)36-27(43)23(20-14-50-32(34)35-20)37-49-33(2,3)31(47)48/h7,10-11,14-15,24,29H,4-6,8-9,12-13H2,1-3H3,(H6-,34,35,36,37,40,41,42,43,45,46,47,48)/p+1/t15-,24+,29+/m0/s1. The van der Waals surface area contributed by atoms with Crippen molar-refractivity contribution >= 4 is 63.5 Å². The van der Waals surface area contributed by atoms with Crippen LogP contribution < -0.4 is 11.1 Å². The first-order valence-electron chi connectivity index (χ1n) is 16.1. The Labute approximate surface area is 299 Å². The van der Waals surface area contributed by atoms with E-state index in [1.54, 1.807) is 0 Å². The number of nitrogens with one attached hydrogen (secondary N) is 1. The Balaban J connectivity index is 1.24. The van der Waals surface area contributed by atoms with E-state index < -0.39 is 46.5 Å². The zero-order valence-electron chi connectivity index (χ0n) is 27.9. The summed E-state index contributed by atoms with van der Waals surface area (Å²) in [5.41, 5.74) is 5.39. The van der Waals surface area contributed by atoms with E-state index in [1.807, 2.05) is 13.0 Å². The normalized spacial score (nSPS) is 22.9. The summed E-state index contributed by atoms with van der Waals surface area (Å²) in [6.07, 6.45) is 3.94. The van der Waals surface area contributed by atoms with Crippen LogP contribution in [0.15, 0.2) is 45.6 Å². The summed E-state index contributed by atoms with van der Waals surface area (Å²) >= 11 is 2.33. The van der Waals surface area contributed by atoms with E-state index in [0.29, 0.717) is 52.8 Å². The third-order valence-corrected chi connectivity index (χ3v) is 11.7. The first kappa shape index (κ1) is 35.9. The number of likely N-dealkylation sites (tertiary alicyclic amines) is 1. The minimum absolute atomic E-state index is 0.00233. The van der Waals surface area contributed by atoms with Gasteiger partial charge in [0, 0.05) is 34.6 Å². The number of aromatic nitrogens is 1. The molecular formula is C33H37N6O10S2+. The van der Waals surface area contributed by atoms with Crippen LogP contribution in [0.1, 0.15) is 55.2 Å². The third-order valence-electron chi connectivity index (χ3n) is 9.60. The lowest BCUT2D eigenvalue weighted by Crippen LogP contribution is -2.71. The molecule has 1 aliphatic carbocycles. The van der Waals surface area contributed by atoms with Gasteiger partial charge in [0.15, 0.2) is 28.1 Å². The number of ketones is 1. The van der Waals surface area contributed by atoms with Crippen molar-refractivity contribution in [1.82, 2.24) is 15.2 Å². The molecule has 2 fully saturated rings. The molecule has 3 aliphatic heterocycles. The number of carboxylic acid groups (broad SMARTS) is 2. The van der Waals surface area contributed by atoms with E-state index >= 15 is 0 Å². The summed E-state index contributed by atoms with van der Waals surface area (Å²) in [5, 5.41) is 46.6. The number of nitrogens with zero attached hydrogens (tertiary/aromatic N) is 4. The molecule has 4 heterocycles. The smallest absolute Gasteiger partial charge is 0.352 e. The molecule has 51 heavy (non-hydrogen) atoms. The van der Waals surface area contributed by atoms with Gasteiger partial charge in [-0.3, -0.25) is 19.3 Å². The number of aliphatic carboxylic acids is 2. The van der Waals surface area contributed by atoms with Crippen LogP contribution in [0.3, 0.4) is 0 Å².